The van der Waals surface area contributed by atoms with Crippen molar-refractivity contribution in [2.45, 2.75) is 59.5 Å². The van der Waals surface area contributed by atoms with Gasteiger partial charge in [-0.2, -0.15) is 0 Å². The summed E-state index contributed by atoms with van der Waals surface area (Å²) in [7, 11) is 2.01. The molecule has 0 aromatic rings. The monoisotopic (exact) mass is 229 g/mol. The number of nitrogens with zero attached hydrogens (tertiary/aromatic N) is 1. The summed E-state index contributed by atoms with van der Waals surface area (Å²) in [6.45, 7) is 10.9. The van der Waals surface area contributed by atoms with Crippen LogP contribution in [-0.2, 0) is 9.53 Å². The van der Waals surface area contributed by atoms with Crippen molar-refractivity contribution in [3.8, 4) is 0 Å². The zero-order chi connectivity index (χ0) is 12.7. The van der Waals surface area contributed by atoms with Crippen LogP contribution in [-0.4, -0.2) is 36.6 Å². The van der Waals surface area contributed by atoms with Gasteiger partial charge in [0.1, 0.15) is 6.04 Å². The molecule has 0 bridgehead atoms. The average Bonchev–Trinajstić information content (AvgIpc) is 2.17. The number of rotatable bonds is 7. The topological polar surface area (TPSA) is 29.5 Å². The second kappa shape index (κ2) is 7.66. The van der Waals surface area contributed by atoms with Crippen LogP contribution in [0.5, 0.6) is 0 Å². The minimum atomic E-state index is -0.103. The van der Waals surface area contributed by atoms with Gasteiger partial charge in [0.25, 0.3) is 0 Å². The fourth-order valence-electron chi connectivity index (χ4n) is 2.02. The van der Waals surface area contributed by atoms with Gasteiger partial charge in [-0.25, -0.2) is 0 Å². The SMILES string of the molecule is CCOC(=O)C(CC)N(C)C(C)CC(C)C. The lowest BCUT2D eigenvalue weighted by atomic mass is 10.0. The highest BCUT2D eigenvalue weighted by molar-refractivity contribution is 5.75. The van der Waals surface area contributed by atoms with Crippen LogP contribution in [0.3, 0.4) is 0 Å². The van der Waals surface area contributed by atoms with E-state index in [-0.39, 0.29) is 12.0 Å². The van der Waals surface area contributed by atoms with E-state index in [4.69, 9.17) is 4.74 Å². The molecule has 0 aromatic carbocycles. The van der Waals surface area contributed by atoms with Crippen molar-refractivity contribution >= 4 is 5.97 Å². The van der Waals surface area contributed by atoms with Gasteiger partial charge in [-0.3, -0.25) is 9.69 Å². The summed E-state index contributed by atoms with van der Waals surface area (Å²) in [4.78, 5) is 13.9. The molecule has 0 aromatic heterocycles. The second-order valence-corrected chi connectivity index (χ2v) is 4.82. The molecule has 0 aliphatic rings. The summed E-state index contributed by atoms with van der Waals surface area (Å²) < 4.78 is 5.09. The van der Waals surface area contributed by atoms with Gasteiger partial charge >= 0.3 is 5.97 Å². The van der Waals surface area contributed by atoms with Gasteiger partial charge in [0.15, 0.2) is 0 Å². The first-order chi connectivity index (χ1) is 7.43. The van der Waals surface area contributed by atoms with Crippen molar-refractivity contribution in [3.05, 3.63) is 0 Å². The summed E-state index contributed by atoms with van der Waals surface area (Å²) in [6.07, 6.45) is 1.91. The van der Waals surface area contributed by atoms with E-state index in [9.17, 15) is 4.79 Å². The Morgan fingerprint density at radius 1 is 1.25 bits per heavy atom. The minimum Gasteiger partial charge on any atom is -0.465 e. The summed E-state index contributed by atoms with van der Waals surface area (Å²) in [6, 6.07) is 0.308. The van der Waals surface area contributed by atoms with E-state index in [1.807, 2.05) is 20.9 Å². The van der Waals surface area contributed by atoms with Crippen LogP contribution in [0.4, 0.5) is 0 Å². The molecule has 0 aliphatic carbocycles. The van der Waals surface area contributed by atoms with Crippen LogP contribution in [0.1, 0.15) is 47.5 Å². The van der Waals surface area contributed by atoms with Gasteiger partial charge < -0.3 is 4.74 Å². The highest BCUT2D eigenvalue weighted by Crippen LogP contribution is 2.15. The highest BCUT2D eigenvalue weighted by Gasteiger charge is 2.26. The van der Waals surface area contributed by atoms with Crippen molar-refractivity contribution < 1.29 is 9.53 Å². The number of carbonyl (C=O) groups excluding carboxylic acids is 1. The van der Waals surface area contributed by atoms with E-state index < -0.39 is 0 Å². The minimum absolute atomic E-state index is 0.0943. The van der Waals surface area contributed by atoms with Gasteiger partial charge in [0.2, 0.25) is 0 Å². The van der Waals surface area contributed by atoms with Gasteiger partial charge in [0, 0.05) is 6.04 Å². The first-order valence-electron chi connectivity index (χ1n) is 6.32. The summed E-state index contributed by atoms with van der Waals surface area (Å²) >= 11 is 0. The predicted molar refractivity (Wildman–Crippen MR) is 67.4 cm³/mol. The lowest BCUT2D eigenvalue weighted by Gasteiger charge is -2.31. The molecule has 0 spiro atoms. The molecule has 3 nitrogen and oxygen atoms in total. The number of hydrogen-bond acceptors (Lipinski definition) is 3. The third kappa shape index (κ3) is 4.97. The van der Waals surface area contributed by atoms with Crippen LogP contribution >= 0.6 is 0 Å². The zero-order valence-corrected chi connectivity index (χ0v) is 11.6. The second-order valence-electron chi connectivity index (χ2n) is 4.82. The molecule has 16 heavy (non-hydrogen) atoms. The molecular weight excluding hydrogens is 202 g/mol. The lowest BCUT2D eigenvalue weighted by Crippen LogP contribution is -2.44. The molecule has 0 rings (SSSR count). The standard InChI is InChI=1S/C13H27NO2/c1-7-12(13(15)16-8-2)14(6)11(5)9-10(3)4/h10-12H,7-9H2,1-6H3. The molecule has 0 heterocycles. The molecule has 2 atom stereocenters. The molecule has 0 saturated carbocycles. The Morgan fingerprint density at radius 2 is 1.81 bits per heavy atom. The van der Waals surface area contributed by atoms with Crippen LogP contribution in [0, 0.1) is 5.92 Å². The lowest BCUT2D eigenvalue weighted by molar-refractivity contribution is -0.150. The molecule has 0 saturated heterocycles. The van der Waals surface area contributed by atoms with Crippen LogP contribution < -0.4 is 0 Å². The Labute approximate surface area is 100 Å². The summed E-state index contributed by atoms with van der Waals surface area (Å²) in [5.41, 5.74) is 0. The third-order valence-electron chi connectivity index (χ3n) is 2.94. The molecule has 0 amide bonds. The fraction of sp³-hybridized carbons (Fsp3) is 0.923. The maximum atomic E-state index is 11.7. The Bertz CT molecular complexity index is 204. The van der Waals surface area contributed by atoms with Crippen LogP contribution in [0.15, 0.2) is 0 Å². The smallest absolute Gasteiger partial charge is 0.323 e. The Hall–Kier alpha value is -0.570. The maximum absolute atomic E-state index is 11.7. The maximum Gasteiger partial charge on any atom is 0.323 e. The van der Waals surface area contributed by atoms with E-state index >= 15 is 0 Å². The van der Waals surface area contributed by atoms with Gasteiger partial charge in [0.05, 0.1) is 6.61 Å². The molecule has 96 valence electrons. The van der Waals surface area contributed by atoms with Gasteiger partial charge in [-0.05, 0) is 39.7 Å². The quantitative estimate of drug-likeness (QED) is 0.629. The fourth-order valence-corrected chi connectivity index (χ4v) is 2.02. The Morgan fingerprint density at radius 3 is 2.19 bits per heavy atom. The number of likely N-dealkylation sites (N-methyl/N-ethyl adjacent to an activating group) is 1. The highest BCUT2D eigenvalue weighted by atomic mass is 16.5. The van der Waals surface area contributed by atoms with Crippen molar-refractivity contribution in [1.29, 1.82) is 0 Å². The predicted octanol–water partition coefficient (Wildman–Crippen LogP) is 2.69. The molecule has 0 aliphatic heterocycles. The number of ether oxygens (including phenoxy) is 1. The number of hydrogen-bond donors (Lipinski definition) is 0. The molecule has 3 heteroatoms. The largest absolute Gasteiger partial charge is 0.465 e. The van der Waals surface area contributed by atoms with Crippen molar-refractivity contribution in [1.82, 2.24) is 4.90 Å². The Balaban J connectivity index is 4.39. The van der Waals surface area contributed by atoms with E-state index in [2.05, 4.69) is 25.7 Å². The van der Waals surface area contributed by atoms with E-state index in [1.54, 1.807) is 0 Å². The van der Waals surface area contributed by atoms with E-state index in [1.165, 1.54) is 0 Å². The summed E-state index contributed by atoms with van der Waals surface area (Å²) in [5, 5.41) is 0. The van der Waals surface area contributed by atoms with Gasteiger partial charge in [-0.1, -0.05) is 20.8 Å². The molecule has 0 radical (unpaired) electrons. The number of esters is 1. The molecular formula is C13H27NO2. The third-order valence-corrected chi connectivity index (χ3v) is 2.94. The van der Waals surface area contributed by atoms with Crippen LogP contribution in [0.25, 0.3) is 0 Å². The molecule has 0 N–H and O–H groups in total. The normalized spacial score (nSPS) is 15.2. The van der Waals surface area contributed by atoms with E-state index in [0.717, 1.165) is 12.8 Å². The first kappa shape index (κ1) is 15.4. The van der Waals surface area contributed by atoms with Crippen molar-refractivity contribution in [3.63, 3.8) is 0 Å². The van der Waals surface area contributed by atoms with E-state index in [0.29, 0.717) is 18.6 Å². The van der Waals surface area contributed by atoms with Crippen LogP contribution in [0.2, 0.25) is 0 Å². The van der Waals surface area contributed by atoms with Gasteiger partial charge in [-0.15, -0.1) is 0 Å². The zero-order valence-electron chi connectivity index (χ0n) is 11.6. The molecule has 0 fully saturated rings. The average molecular weight is 229 g/mol. The van der Waals surface area contributed by atoms with Crippen molar-refractivity contribution in [2.75, 3.05) is 13.7 Å². The van der Waals surface area contributed by atoms with Crippen molar-refractivity contribution in [2.24, 2.45) is 5.92 Å². The number of carbonyl (C=O) groups is 1. The summed E-state index contributed by atoms with van der Waals surface area (Å²) in [5.74, 6) is 0.556. The Kier molecular flexibility index (Phi) is 7.39. The first-order valence-corrected chi connectivity index (χ1v) is 6.32. The molecule has 2 unspecified atom stereocenters.